The van der Waals surface area contributed by atoms with Gasteiger partial charge in [0.25, 0.3) is 0 Å². The van der Waals surface area contributed by atoms with Crippen molar-refractivity contribution in [2.75, 3.05) is 9.80 Å². The molecule has 12 aromatic rings. The Kier molecular flexibility index (Phi) is 7.11. The first-order chi connectivity index (χ1) is 34.3. The SMILES string of the molecule is CC1(C)c2cccc3c2-n2c4c(cc(-c5nc(-c6ccccc6)nc(-c6cc7c8c(c6)c6cccc9c6n8-c6c(cccc6C9(C)C)N7c6ccccc6)n5)cc4c4cccc1c42)N3c1ccccc1. The molecule has 0 amide bonds. The van der Waals surface area contributed by atoms with E-state index in [-0.39, 0.29) is 10.8 Å². The van der Waals surface area contributed by atoms with Crippen LogP contribution in [0.5, 0.6) is 0 Å². The molecule has 4 aliphatic rings. The lowest BCUT2D eigenvalue weighted by molar-refractivity contribution is 0.629. The molecule has 0 spiro atoms. The molecule has 4 aliphatic heterocycles. The molecule has 0 aliphatic carbocycles. The Morgan fingerprint density at radius 1 is 0.314 bits per heavy atom. The number of aromatic nitrogens is 5. The number of fused-ring (bicyclic) bond motifs is 2. The number of para-hydroxylation sites is 6. The molecule has 9 aromatic carbocycles. The van der Waals surface area contributed by atoms with Gasteiger partial charge in [-0.25, -0.2) is 15.0 Å². The van der Waals surface area contributed by atoms with E-state index in [2.05, 4.69) is 229 Å². The first-order valence-electron chi connectivity index (χ1n) is 24.3. The predicted molar refractivity (Wildman–Crippen MR) is 286 cm³/mol. The van der Waals surface area contributed by atoms with Gasteiger partial charge in [-0.05, 0) is 82.9 Å². The van der Waals surface area contributed by atoms with E-state index in [0.29, 0.717) is 17.5 Å². The Hall–Kier alpha value is -8.81. The third-order valence-electron chi connectivity index (χ3n) is 16.1. The molecule has 0 saturated heterocycles. The summed E-state index contributed by atoms with van der Waals surface area (Å²) >= 11 is 0. The highest BCUT2D eigenvalue weighted by Gasteiger charge is 2.43. The van der Waals surface area contributed by atoms with Crippen molar-refractivity contribution in [3.05, 3.63) is 210 Å². The molecule has 7 heterocycles. The molecule has 0 fully saturated rings. The van der Waals surface area contributed by atoms with Crippen molar-refractivity contribution in [3.63, 3.8) is 0 Å². The fourth-order valence-corrected chi connectivity index (χ4v) is 12.9. The fourth-order valence-electron chi connectivity index (χ4n) is 12.9. The molecule has 330 valence electrons. The van der Waals surface area contributed by atoms with E-state index in [1.54, 1.807) is 0 Å². The van der Waals surface area contributed by atoms with Gasteiger partial charge in [0.1, 0.15) is 0 Å². The lowest BCUT2D eigenvalue weighted by Crippen LogP contribution is -2.29. The van der Waals surface area contributed by atoms with Gasteiger partial charge in [0.15, 0.2) is 17.5 Å². The summed E-state index contributed by atoms with van der Waals surface area (Å²) in [5.41, 5.74) is 21.8. The third-order valence-corrected chi connectivity index (χ3v) is 16.1. The zero-order chi connectivity index (χ0) is 46.4. The summed E-state index contributed by atoms with van der Waals surface area (Å²) in [6, 6.07) is 68.5. The van der Waals surface area contributed by atoms with Crippen LogP contribution in [0.3, 0.4) is 0 Å². The zero-order valence-electron chi connectivity index (χ0n) is 39.0. The van der Waals surface area contributed by atoms with E-state index in [0.717, 1.165) is 50.8 Å². The van der Waals surface area contributed by atoms with Crippen LogP contribution in [0.25, 0.3) is 89.2 Å². The maximum atomic E-state index is 5.59. The van der Waals surface area contributed by atoms with Gasteiger partial charge in [0.2, 0.25) is 0 Å². The second-order valence-electron chi connectivity index (χ2n) is 20.5. The lowest BCUT2D eigenvalue weighted by atomic mass is 9.74. The summed E-state index contributed by atoms with van der Waals surface area (Å²) in [6.07, 6.45) is 0. The molecule has 7 nitrogen and oxygen atoms in total. The second kappa shape index (κ2) is 13.0. The van der Waals surface area contributed by atoms with Crippen molar-refractivity contribution in [3.8, 4) is 45.5 Å². The summed E-state index contributed by atoms with van der Waals surface area (Å²) < 4.78 is 5.09. The standard InChI is InChI=1S/C63H43N7/c1-62(2)45-26-14-24-41-43-32-37(34-51-55(43)69(53(41)45)57-47(62)28-16-30-49(57)67(51)39-20-10-6-11-21-39)60-64-59(36-18-8-5-9-19-36)65-61(66-60)38-33-44-42-25-15-27-46-54(42)70-56(44)52(35-38)68(40-22-12-7-13-23-40)50-31-17-29-48(58(50)70)63(46,3)4/h5-35H,1-4H3. The summed E-state index contributed by atoms with van der Waals surface area (Å²) in [4.78, 5) is 21.3. The third kappa shape index (κ3) is 4.67. The van der Waals surface area contributed by atoms with Crippen molar-refractivity contribution < 1.29 is 0 Å². The quantitative estimate of drug-likeness (QED) is 0.172. The number of benzene rings is 9. The zero-order valence-corrected chi connectivity index (χ0v) is 39.0. The van der Waals surface area contributed by atoms with Crippen molar-refractivity contribution in [2.24, 2.45) is 0 Å². The number of rotatable bonds is 5. The van der Waals surface area contributed by atoms with Crippen LogP contribution in [0.4, 0.5) is 34.1 Å². The Morgan fingerprint density at radius 3 is 1.14 bits per heavy atom. The normalized spacial score (nSPS) is 15.0. The fraction of sp³-hybridized carbons (Fsp3) is 0.0952. The molecule has 3 aromatic heterocycles. The largest absolute Gasteiger partial charge is 0.306 e. The maximum absolute atomic E-state index is 5.59. The van der Waals surface area contributed by atoms with Crippen molar-refractivity contribution in [1.29, 1.82) is 0 Å². The molecule has 0 atom stereocenters. The van der Waals surface area contributed by atoms with E-state index in [1.807, 2.05) is 6.07 Å². The van der Waals surface area contributed by atoms with Crippen LogP contribution in [-0.2, 0) is 10.8 Å². The molecule has 0 N–H and O–H groups in total. The summed E-state index contributed by atoms with van der Waals surface area (Å²) in [6.45, 7) is 9.48. The predicted octanol–water partition coefficient (Wildman–Crippen LogP) is 15.9. The van der Waals surface area contributed by atoms with Crippen LogP contribution in [0.1, 0.15) is 49.9 Å². The highest BCUT2D eigenvalue weighted by Crippen LogP contribution is 2.59. The molecule has 7 heteroatoms. The molecular formula is C63H43N7. The Bertz CT molecular complexity index is 4040. The summed E-state index contributed by atoms with van der Waals surface area (Å²) in [5.74, 6) is 1.87. The van der Waals surface area contributed by atoms with E-state index in [4.69, 9.17) is 15.0 Å². The average molecular weight is 898 g/mol. The lowest BCUT2D eigenvalue weighted by Gasteiger charge is -2.41. The molecule has 0 saturated carbocycles. The Balaban J connectivity index is 1.00. The minimum Gasteiger partial charge on any atom is -0.306 e. The van der Waals surface area contributed by atoms with E-state index >= 15 is 0 Å². The van der Waals surface area contributed by atoms with Gasteiger partial charge < -0.3 is 18.9 Å². The van der Waals surface area contributed by atoms with Crippen LogP contribution in [-0.4, -0.2) is 24.1 Å². The molecule has 70 heavy (non-hydrogen) atoms. The Morgan fingerprint density at radius 2 is 0.700 bits per heavy atom. The van der Waals surface area contributed by atoms with Gasteiger partial charge in [-0.2, -0.15) is 0 Å². The van der Waals surface area contributed by atoms with Gasteiger partial charge in [-0.3, -0.25) is 0 Å². The van der Waals surface area contributed by atoms with Crippen LogP contribution in [0.15, 0.2) is 188 Å². The highest BCUT2D eigenvalue weighted by molar-refractivity contribution is 6.21. The van der Waals surface area contributed by atoms with Gasteiger partial charge in [-0.1, -0.05) is 155 Å². The van der Waals surface area contributed by atoms with E-state index in [1.165, 1.54) is 77.2 Å². The highest BCUT2D eigenvalue weighted by atomic mass is 15.2. The number of hydrogen-bond donors (Lipinski definition) is 0. The van der Waals surface area contributed by atoms with Gasteiger partial charge >= 0.3 is 0 Å². The molecule has 0 unspecified atom stereocenters. The van der Waals surface area contributed by atoms with Crippen molar-refractivity contribution in [2.45, 2.75) is 38.5 Å². The van der Waals surface area contributed by atoms with Gasteiger partial charge in [0, 0.05) is 60.4 Å². The van der Waals surface area contributed by atoms with Gasteiger partial charge in [-0.15, -0.1) is 0 Å². The van der Waals surface area contributed by atoms with Crippen molar-refractivity contribution >= 4 is 77.7 Å². The molecular weight excluding hydrogens is 855 g/mol. The first kappa shape index (κ1) is 38.2. The average Bonchev–Trinajstić information content (AvgIpc) is 3.94. The minimum absolute atomic E-state index is 0.214. The molecule has 0 radical (unpaired) electrons. The smallest absolute Gasteiger partial charge is 0.164 e. The van der Waals surface area contributed by atoms with Crippen LogP contribution in [0, 0.1) is 0 Å². The molecule has 16 rings (SSSR count). The monoisotopic (exact) mass is 897 g/mol. The summed E-state index contributed by atoms with van der Waals surface area (Å²) in [5, 5.41) is 4.79. The van der Waals surface area contributed by atoms with Crippen LogP contribution >= 0.6 is 0 Å². The second-order valence-corrected chi connectivity index (χ2v) is 20.5. The topological polar surface area (TPSA) is 55.0 Å². The van der Waals surface area contributed by atoms with E-state index in [9.17, 15) is 0 Å². The Labute approximate surface area is 404 Å². The number of nitrogens with zero attached hydrogens (tertiary/aromatic N) is 7. The van der Waals surface area contributed by atoms with Crippen LogP contribution < -0.4 is 9.80 Å². The first-order valence-corrected chi connectivity index (χ1v) is 24.3. The minimum atomic E-state index is -0.214. The van der Waals surface area contributed by atoms with Gasteiger partial charge in [0.05, 0.1) is 56.2 Å². The summed E-state index contributed by atoms with van der Waals surface area (Å²) in [7, 11) is 0. The molecule has 0 bridgehead atoms. The van der Waals surface area contributed by atoms with E-state index < -0.39 is 0 Å². The van der Waals surface area contributed by atoms with Crippen molar-refractivity contribution in [1.82, 2.24) is 24.1 Å². The van der Waals surface area contributed by atoms with Crippen LogP contribution in [0.2, 0.25) is 0 Å². The number of anilines is 6. The maximum Gasteiger partial charge on any atom is 0.164 e. The number of hydrogen-bond acceptors (Lipinski definition) is 5.